The largest absolute Gasteiger partial charge is 0.484 e. The van der Waals surface area contributed by atoms with E-state index in [1.54, 1.807) is 11.0 Å². The zero-order chi connectivity index (χ0) is 21.8. The van der Waals surface area contributed by atoms with Gasteiger partial charge in [-0.25, -0.2) is 0 Å². The summed E-state index contributed by atoms with van der Waals surface area (Å²) in [6.07, 6.45) is 0.228. The third-order valence-corrected chi connectivity index (χ3v) is 5.55. The summed E-state index contributed by atoms with van der Waals surface area (Å²) in [4.78, 5) is 26.7. The summed E-state index contributed by atoms with van der Waals surface area (Å²) >= 11 is 1.16. The van der Waals surface area contributed by atoms with Crippen molar-refractivity contribution < 1.29 is 18.7 Å². The topological polar surface area (TPSA) is 97.6 Å². The molecule has 1 aromatic heterocycles. The minimum absolute atomic E-state index is 0.104. The van der Waals surface area contributed by atoms with E-state index >= 15 is 0 Å². The highest BCUT2D eigenvalue weighted by Gasteiger charge is 2.29. The Hall–Kier alpha value is -3.33. The second-order valence-electron chi connectivity index (χ2n) is 7.24. The van der Waals surface area contributed by atoms with E-state index < -0.39 is 0 Å². The Morgan fingerprint density at radius 1 is 1.26 bits per heavy atom. The van der Waals surface area contributed by atoms with Crippen molar-refractivity contribution in [1.82, 2.24) is 10.2 Å². The van der Waals surface area contributed by atoms with Gasteiger partial charge < -0.3 is 19.4 Å². The Morgan fingerprint density at radius 3 is 2.94 bits per heavy atom. The molecule has 31 heavy (non-hydrogen) atoms. The number of anilines is 2. The average molecular weight is 439 g/mol. The summed E-state index contributed by atoms with van der Waals surface area (Å²) in [6, 6.07) is 14.7. The molecule has 4 rings (SSSR count). The minimum atomic E-state index is -0.266. The van der Waals surface area contributed by atoms with Crippen LogP contribution in [0, 0.1) is 6.92 Å². The molecule has 0 unspecified atom stereocenters. The number of aryl methyl sites for hydroxylation is 1. The van der Waals surface area contributed by atoms with Gasteiger partial charge in [-0.1, -0.05) is 36.0 Å². The molecule has 3 aromatic rings. The molecule has 0 spiro atoms. The number of amides is 2. The number of ether oxygens (including phenoxy) is 1. The number of hydrogen-bond donors (Lipinski definition) is 1. The van der Waals surface area contributed by atoms with Crippen molar-refractivity contribution in [3.8, 4) is 5.75 Å². The lowest BCUT2D eigenvalue weighted by atomic mass is 10.2. The Bertz CT molecular complexity index is 1100. The van der Waals surface area contributed by atoms with Crippen molar-refractivity contribution in [2.24, 2.45) is 0 Å². The molecule has 0 aliphatic carbocycles. The monoisotopic (exact) mass is 438 g/mol. The fourth-order valence-electron chi connectivity index (χ4n) is 3.37. The van der Waals surface area contributed by atoms with Crippen LogP contribution in [0.4, 0.5) is 11.4 Å². The van der Waals surface area contributed by atoms with E-state index in [-0.39, 0.29) is 36.6 Å². The van der Waals surface area contributed by atoms with Crippen LogP contribution in [0.3, 0.4) is 0 Å². The molecule has 0 saturated carbocycles. The fourth-order valence-corrected chi connectivity index (χ4v) is 4.01. The smallest absolute Gasteiger partial charge is 0.277 e. The van der Waals surface area contributed by atoms with E-state index in [0.717, 1.165) is 23.1 Å². The van der Waals surface area contributed by atoms with Crippen LogP contribution in [0.1, 0.15) is 24.8 Å². The number of thioether (sulfide) groups is 1. The van der Waals surface area contributed by atoms with E-state index in [0.29, 0.717) is 22.5 Å². The molecule has 160 valence electrons. The second-order valence-corrected chi connectivity index (χ2v) is 8.16. The van der Waals surface area contributed by atoms with Crippen LogP contribution in [0.15, 0.2) is 58.2 Å². The number of benzene rings is 2. The zero-order valence-electron chi connectivity index (χ0n) is 17.2. The van der Waals surface area contributed by atoms with Gasteiger partial charge in [0.1, 0.15) is 5.75 Å². The van der Waals surface area contributed by atoms with Crippen LogP contribution >= 0.6 is 11.8 Å². The molecule has 9 heteroatoms. The highest BCUT2D eigenvalue weighted by molar-refractivity contribution is 7.99. The number of carbonyl (C=O) groups excluding carboxylic acids is 2. The van der Waals surface area contributed by atoms with Gasteiger partial charge in [-0.2, -0.15) is 0 Å². The number of nitrogens with one attached hydrogen (secondary N) is 1. The summed E-state index contributed by atoms with van der Waals surface area (Å²) in [5, 5.41) is 11.1. The Labute approximate surface area is 184 Å². The van der Waals surface area contributed by atoms with Crippen molar-refractivity contribution in [2.75, 3.05) is 16.0 Å². The Balaban J connectivity index is 1.38. The number of rotatable bonds is 6. The molecule has 0 saturated heterocycles. The van der Waals surface area contributed by atoms with Crippen molar-refractivity contribution >= 4 is 35.0 Å². The Kier molecular flexibility index (Phi) is 6.22. The third kappa shape index (κ3) is 5.05. The fraction of sp³-hybridized carbons (Fsp3) is 0.273. The van der Waals surface area contributed by atoms with E-state index in [9.17, 15) is 9.59 Å². The van der Waals surface area contributed by atoms with E-state index in [4.69, 9.17) is 9.15 Å². The first-order chi connectivity index (χ1) is 15.0. The predicted octanol–water partition coefficient (Wildman–Crippen LogP) is 3.81. The zero-order valence-corrected chi connectivity index (χ0v) is 18.0. The molecule has 2 amide bonds. The Morgan fingerprint density at radius 2 is 2.10 bits per heavy atom. The molecule has 2 aromatic carbocycles. The third-order valence-electron chi connectivity index (χ3n) is 4.75. The van der Waals surface area contributed by atoms with E-state index in [2.05, 4.69) is 15.5 Å². The van der Waals surface area contributed by atoms with Gasteiger partial charge in [-0.3, -0.25) is 9.59 Å². The highest BCUT2D eigenvalue weighted by atomic mass is 32.2. The lowest BCUT2D eigenvalue weighted by Crippen LogP contribution is -2.40. The maximum atomic E-state index is 13.0. The molecular formula is C22H22N4O4S. The van der Waals surface area contributed by atoms with Crippen molar-refractivity contribution in [3.63, 3.8) is 0 Å². The molecule has 0 fully saturated rings. The van der Waals surface area contributed by atoms with Gasteiger partial charge in [0.15, 0.2) is 6.61 Å². The van der Waals surface area contributed by atoms with E-state index in [1.807, 2.05) is 56.3 Å². The van der Waals surface area contributed by atoms with Crippen LogP contribution < -0.4 is 15.0 Å². The molecule has 1 aliphatic heterocycles. The van der Waals surface area contributed by atoms with Crippen LogP contribution in [0.5, 0.6) is 5.75 Å². The minimum Gasteiger partial charge on any atom is -0.484 e. The van der Waals surface area contributed by atoms with Gasteiger partial charge >= 0.3 is 0 Å². The van der Waals surface area contributed by atoms with Crippen molar-refractivity contribution in [3.05, 3.63) is 60.0 Å². The number of hydrogen-bond acceptors (Lipinski definition) is 7. The van der Waals surface area contributed by atoms with Gasteiger partial charge in [-0.05, 0) is 43.7 Å². The standard InChI is InChI=1S/C22H22N4O4S/c1-14-6-5-7-16(10-14)29-12-20-24-25-22(30-20)31-13-21(28)26-15(2)11-19(27)23-17-8-3-4-9-18(17)26/h3-10,15H,11-13H2,1-2H3,(H,23,27)/t15-/m1/s1. The summed E-state index contributed by atoms with van der Waals surface area (Å²) in [5.41, 5.74) is 2.41. The first-order valence-corrected chi connectivity index (χ1v) is 10.8. The average Bonchev–Trinajstić information content (AvgIpc) is 3.15. The van der Waals surface area contributed by atoms with Crippen molar-refractivity contribution in [1.29, 1.82) is 0 Å². The number of aromatic nitrogens is 2. The van der Waals surface area contributed by atoms with E-state index in [1.165, 1.54) is 0 Å². The van der Waals surface area contributed by atoms with Gasteiger partial charge in [0, 0.05) is 12.5 Å². The molecule has 0 radical (unpaired) electrons. The quantitative estimate of drug-likeness (QED) is 0.585. The molecule has 8 nitrogen and oxygen atoms in total. The van der Waals surface area contributed by atoms with Crippen LogP contribution in [0.25, 0.3) is 0 Å². The van der Waals surface area contributed by atoms with Crippen LogP contribution in [0.2, 0.25) is 0 Å². The molecule has 1 N–H and O–H groups in total. The highest BCUT2D eigenvalue weighted by Crippen LogP contribution is 2.32. The molecule has 1 atom stereocenters. The summed E-state index contributed by atoms with van der Waals surface area (Å²) < 4.78 is 11.3. The van der Waals surface area contributed by atoms with Crippen LogP contribution in [-0.4, -0.2) is 33.8 Å². The summed E-state index contributed by atoms with van der Waals surface area (Å²) in [7, 11) is 0. The maximum absolute atomic E-state index is 13.0. The summed E-state index contributed by atoms with van der Waals surface area (Å²) in [5.74, 6) is 0.905. The lowest BCUT2D eigenvalue weighted by molar-refractivity contribution is -0.117. The first kappa shape index (κ1) is 20.9. The van der Waals surface area contributed by atoms with Gasteiger partial charge in [-0.15, -0.1) is 10.2 Å². The summed E-state index contributed by atoms with van der Waals surface area (Å²) in [6.45, 7) is 3.99. The predicted molar refractivity (Wildman–Crippen MR) is 117 cm³/mol. The maximum Gasteiger partial charge on any atom is 0.277 e. The SMILES string of the molecule is Cc1cccc(OCc2nnc(SCC(=O)N3c4ccccc4NC(=O)C[C@H]3C)o2)c1. The number of para-hydroxylation sites is 2. The molecule has 1 aliphatic rings. The van der Waals surface area contributed by atoms with Gasteiger partial charge in [0.05, 0.1) is 17.1 Å². The molecule has 2 heterocycles. The van der Waals surface area contributed by atoms with Gasteiger partial charge in [0.25, 0.3) is 11.1 Å². The number of nitrogens with zero attached hydrogens (tertiary/aromatic N) is 3. The second kappa shape index (κ2) is 9.22. The molecular weight excluding hydrogens is 416 g/mol. The normalized spacial score (nSPS) is 15.7. The van der Waals surface area contributed by atoms with Crippen LogP contribution in [-0.2, 0) is 16.2 Å². The lowest BCUT2D eigenvalue weighted by Gasteiger charge is -2.27. The number of fused-ring (bicyclic) bond motifs is 1. The first-order valence-electron chi connectivity index (χ1n) is 9.85. The molecule has 0 bridgehead atoms. The number of carbonyl (C=O) groups is 2. The van der Waals surface area contributed by atoms with Gasteiger partial charge in [0.2, 0.25) is 11.8 Å². The van der Waals surface area contributed by atoms with Crippen molar-refractivity contribution in [2.45, 2.75) is 38.1 Å².